The Balaban J connectivity index is 1.62. The maximum absolute atomic E-state index is 9.66. The minimum Gasteiger partial charge on any atom is -0.393 e. The van der Waals surface area contributed by atoms with Crippen molar-refractivity contribution in [3.8, 4) is 0 Å². The van der Waals surface area contributed by atoms with E-state index in [2.05, 4.69) is 52.4 Å². The quantitative estimate of drug-likeness (QED) is 0.901. The van der Waals surface area contributed by atoms with Crippen LogP contribution in [0.3, 0.4) is 0 Å². The van der Waals surface area contributed by atoms with E-state index in [0.29, 0.717) is 11.3 Å². The fourth-order valence-electron chi connectivity index (χ4n) is 4.23. The largest absolute Gasteiger partial charge is 0.393 e. The highest BCUT2D eigenvalue weighted by Gasteiger charge is 2.28. The van der Waals surface area contributed by atoms with Crippen LogP contribution in [0.15, 0.2) is 0 Å². The normalized spacial score (nSPS) is 24.8. The van der Waals surface area contributed by atoms with Crippen LogP contribution in [-0.4, -0.2) is 68.5 Å². The van der Waals surface area contributed by atoms with Crippen molar-refractivity contribution in [1.82, 2.24) is 24.6 Å². The smallest absolute Gasteiger partial charge is 0.146 e. The predicted molar refractivity (Wildman–Crippen MR) is 99.4 cm³/mol. The summed E-state index contributed by atoms with van der Waals surface area (Å²) in [4.78, 5) is 4.97. The van der Waals surface area contributed by atoms with Crippen LogP contribution in [0.1, 0.15) is 64.0 Å². The van der Waals surface area contributed by atoms with Gasteiger partial charge in [0.15, 0.2) is 0 Å². The Morgan fingerprint density at radius 2 is 1.76 bits per heavy atom. The van der Waals surface area contributed by atoms with Crippen molar-refractivity contribution in [1.29, 1.82) is 0 Å². The average Bonchev–Trinajstić information content (AvgIpc) is 2.89. The summed E-state index contributed by atoms with van der Waals surface area (Å²) in [6, 6.07) is 0. The van der Waals surface area contributed by atoms with Crippen molar-refractivity contribution in [2.45, 2.75) is 65.0 Å². The Hall–Kier alpha value is -0.980. The van der Waals surface area contributed by atoms with E-state index in [4.69, 9.17) is 0 Å². The van der Waals surface area contributed by atoms with Gasteiger partial charge in [0.25, 0.3) is 0 Å². The number of aromatic nitrogens is 3. The van der Waals surface area contributed by atoms with Crippen molar-refractivity contribution >= 4 is 0 Å². The van der Waals surface area contributed by atoms with Gasteiger partial charge in [-0.25, -0.2) is 0 Å². The second-order valence-electron chi connectivity index (χ2n) is 9.18. The Kier molecular flexibility index (Phi) is 5.81. The van der Waals surface area contributed by atoms with Gasteiger partial charge in [-0.1, -0.05) is 20.8 Å². The van der Waals surface area contributed by atoms with Gasteiger partial charge >= 0.3 is 0 Å². The standard InChI is InChI=1S/C19H35N5O/c1-19(2,3)14-24-9-5-6-15(12-24)18-21-20-17(22(18)4)13-23-10-7-16(25)8-11-23/h15-16,25H,5-14H2,1-4H3. The highest BCUT2D eigenvalue weighted by atomic mass is 16.3. The predicted octanol–water partition coefficient (Wildman–Crippen LogP) is 2.00. The molecule has 3 rings (SSSR count). The van der Waals surface area contributed by atoms with E-state index in [1.807, 2.05) is 0 Å². The molecular formula is C19H35N5O. The Bertz CT molecular complexity index is 557. The first-order valence-corrected chi connectivity index (χ1v) is 9.83. The van der Waals surface area contributed by atoms with Crippen LogP contribution in [0.4, 0.5) is 0 Å². The third kappa shape index (κ3) is 5.02. The molecule has 2 aliphatic rings. The Morgan fingerprint density at radius 3 is 2.44 bits per heavy atom. The van der Waals surface area contributed by atoms with E-state index in [1.54, 1.807) is 0 Å². The number of nitrogens with zero attached hydrogens (tertiary/aromatic N) is 5. The summed E-state index contributed by atoms with van der Waals surface area (Å²) in [6.07, 6.45) is 4.07. The summed E-state index contributed by atoms with van der Waals surface area (Å²) in [5.74, 6) is 2.69. The lowest BCUT2D eigenvalue weighted by Gasteiger charge is -2.36. The topological polar surface area (TPSA) is 57.4 Å². The molecule has 0 spiro atoms. The molecule has 1 aromatic rings. The number of piperidine rings is 2. The lowest BCUT2D eigenvalue weighted by Crippen LogP contribution is -2.40. The van der Waals surface area contributed by atoms with Crippen LogP contribution in [0.2, 0.25) is 0 Å². The molecule has 1 N–H and O–H groups in total. The molecular weight excluding hydrogens is 314 g/mol. The summed E-state index contributed by atoms with van der Waals surface area (Å²) in [5.41, 5.74) is 0.339. The van der Waals surface area contributed by atoms with E-state index >= 15 is 0 Å². The maximum Gasteiger partial charge on any atom is 0.146 e. The number of hydrogen-bond acceptors (Lipinski definition) is 5. The summed E-state index contributed by atoms with van der Waals surface area (Å²) in [5, 5.41) is 18.7. The summed E-state index contributed by atoms with van der Waals surface area (Å²) >= 11 is 0. The van der Waals surface area contributed by atoms with E-state index in [9.17, 15) is 5.11 Å². The molecule has 0 saturated carbocycles. The van der Waals surface area contributed by atoms with Crippen molar-refractivity contribution in [2.75, 3.05) is 32.7 Å². The molecule has 0 bridgehead atoms. The number of rotatable bonds is 4. The van der Waals surface area contributed by atoms with Gasteiger partial charge in [0.2, 0.25) is 0 Å². The molecule has 3 heterocycles. The fourth-order valence-corrected chi connectivity index (χ4v) is 4.23. The second kappa shape index (κ2) is 7.72. The van der Waals surface area contributed by atoms with E-state index < -0.39 is 0 Å². The zero-order chi connectivity index (χ0) is 18.0. The minimum atomic E-state index is -0.123. The number of hydrogen-bond donors (Lipinski definition) is 1. The molecule has 6 nitrogen and oxygen atoms in total. The van der Waals surface area contributed by atoms with E-state index in [1.165, 1.54) is 19.4 Å². The lowest BCUT2D eigenvalue weighted by atomic mass is 9.92. The minimum absolute atomic E-state index is 0.123. The van der Waals surface area contributed by atoms with Gasteiger partial charge in [-0.15, -0.1) is 10.2 Å². The van der Waals surface area contributed by atoms with Crippen LogP contribution < -0.4 is 0 Å². The van der Waals surface area contributed by atoms with Crippen LogP contribution in [-0.2, 0) is 13.6 Å². The highest BCUT2D eigenvalue weighted by molar-refractivity contribution is 5.04. The van der Waals surface area contributed by atoms with Gasteiger partial charge in [0, 0.05) is 39.1 Å². The molecule has 142 valence electrons. The van der Waals surface area contributed by atoms with Gasteiger partial charge in [0.1, 0.15) is 11.6 Å². The highest BCUT2D eigenvalue weighted by Crippen LogP contribution is 2.28. The number of aliphatic hydroxyl groups is 1. The van der Waals surface area contributed by atoms with Crippen molar-refractivity contribution in [3.63, 3.8) is 0 Å². The third-order valence-corrected chi connectivity index (χ3v) is 5.49. The number of aliphatic hydroxyl groups excluding tert-OH is 1. The first-order valence-electron chi connectivity index (χ1n) is 9.83. The summed E-state index contributed by atoms with van der Waals surface area (Å²) in [6.45, 7) is 13.1. The molecule has 0 aromatic carbocycles. The summed E-state index contributed by atoms with van der Waals surface area (Å²) in [7, 11) is 2.12. The van der Waals surface area contributed by atoms with Gasteiger partial charge in [-0.3, -0.25) is 4.90 Å². The van der Waals surface area contributed by atoms with Gasteiger partial charge in [-0.05, 0) is 37.6 Å². The zero-order valence-corrected chi connectivity index (χ0v) is 16.4. The number of likely N-dealkylation sites (tertiary alicyclic amines) is 2. The Morgan fingerprint density at radius 1 is 1.04 bits per heavy atom. The first-order chi connectivity index (χ1) is 11.8. The van der Waals surface area contributed by atoms with Crippen molar-refractivity contribution < 1.29 is 5.11 Å². The molecule has 1 unspecified atom stereocenters. The monoisotopic (exact) mass is 349 g/mol. The Labute approximate surface area is 152 Å². The molecule has 25 heavy (non-hydrogen) atoms. The van der Waals surface area contributed by atoms with Gasteiger partial charge in [-0.2, -0.15) is 0 Å². The first kappa shape index (κ1) is 18.8. The second-order valence-corrected chi connectivity index (χ2v) is 9.18. The average molecular weight is 350 g/mol. The molecule has 2 aliphatic heterocycles. The maximum atomic E-state index is 9.66. The van der Waals surface area contributed by atoms with Crippen LogP contribution >= 0.6 is 0 Å². The van der Waals surface area contributed by atoms with Crippen LogP contribution in [0.5, 0.6) is 0 Å². The molecule has 0 amide bonds. The molecule has 6 heteroatoms. The molecule has 1 atom stereocenters. The molecule has 0 aliphatic carbocycles. The SMILES string of the molecule is Cn1c(CN2CCC(O)CC2)nnc1C1CCCN(CC(C)(C)C)C1. The van der Waals surface area contributed by atoms with Crippen LogP contribution in [0.25, 0.3) is 0 Å². The lowest BCUT2D eigenvalue weighted by molar-refractivity contribution is 0.0775. The van der Waals surface area contributed by atoms with Crippen LogP contribution in [0, 0.1) is 5.41 Å². The fraction of sp³-hybridized carbons (Fsp3) is 0.895. The molecule has 1 aromatic heterocycles. The van der Waals surface area contributed by atoms with Crippen molar-refractivity contribution in [2.24, 2.45) is 12.5 Å². The molecule has 0 radical (unpaired) electrons. The summed E-state index contributed by atoms with van der Waals surface area (Å²) < 4.78 is 2.22. The van der Waals surface area contributed by atoms with E-state index in [0.717, 1.165) is 57.2 Å². The van der Waals surface area contributed by atoms with E-state index in [-0.39, 0.29) is 6.10 Å². The molecule has 2 fully saturated rings. The zero-order valence-electron chi connectivity index (χ0n) is 16.4. The van der Waals surface area contributed by atoms with Gasteiger partial charge < -0.3 is 14.6 Å². The molecule has 2 saturated heterocycles. The van der Waals surface area contributed by atoms with Gasteiger partial charge in [0.05, 0.1) is 12.6 Å². The van der Waals surface area contributed by atoms with Crippen molar-refractivity contribution in [3.05, 3.63) is 11.6 Å². The third-order valence-electron chi connectivity index (χ3n) is 5.49.